The third kappa shape index (κ3) is 7.41. The topological polar surface area (TPSA) is 81.7 Å². The van der Waals surface area contributed by atoms with Gasteiger partial charge < -0.3 is 14.8 Å². The zero-order valence-electron chi connectivity index (χ0n) is 17.1. The van der Waals surface area contributed by atoms with Gasteiger partial charge in [0, 0.05) is 17.7 Å². The molecule has 0 bridgehead atoms. The van der Waals surface area contributed by atoms with Crippen LogP contribution < -0.4 is 10.1 Å². The Hall–Kier alpha value is -3.15. The number of ketones is 1. The Balaban J connectivity index is 1.77. The van der Waals surface area contributed by atoms with Crippen molar-refractivity contribution in [1.29, 1.82) is 0 Å². The molecule has 0 saturated heterocycles. The molecule has 0 saturated carbocycles. The number of carbonyl (C=O) groups is 3. The molecule has 2 rings (SSSR count). The molecule has 0 aliphatic rings. The van der Waals surface area contributed by atoms with E-state index in [9.17, 15) is 14.4 Å². The maximum atomic E-state index is 12.2. The Labute approximate surface area is 171 Å². The summed E-state index contributed by atoms with van der Waals surface area (Å²) in [6, 6.07) is 14.1. The molecule has 6 nitrogen and oxygen atoms in total. The van der Waals surface area contributed by atoms with E-state index in [4.69, 9.17) is 9.47 Å². The monoisotopic (exact) mass is 397 g/mol. The number of ether oxygens (including phenoxy) is 2. The van der Waals surface area contributed by atoms with E-state index in [0.29, 0.717) is 23.6 Å². The van der Waals surface area contributed by atoms with E-state index in [2.05, 4.69) is 5.32 Å². The van der Waals surface area contributed by atoms with Crippen molar-refractivity contribution in [1.82, 2.24) is 0 Å². The second-order valence-corrected chi connectivity index (χ2v) is 6.78. The zero-order chi connectivity index (χ0) is 21.2. The number of Topliss-reactive ketones (excluding diaryl/α,β-unsaturated/α-hetero) is 1. The summed E-state index contributed by atoms with van der Waals surface area (Å²) < 4.78 is 10.6. The third-order valence-electron chi connectivity index (χ3n) is 4.20. The Kier molecular flexibility index (Phi) is 8.40. The van der Waals surface area contributed by atoms with Crippen LogP contribution in [0.3, 0.4) is 0 Å². The first-order valence-corrected chi connectivity index (χ1v) is 9.72. The quantitative estimate of drug-likeness (QED) is 0.477. The summed E-state index contributed by atoms with van der Waals surface area (Å²) in [4.78, 5) is 36.4. The lowest BCUT2D eigenvalue weighted by molar-refractivity contribution is -0.153. The Morgan fingerprint density at radius 3 is 2.24 bits per heavy atom. The van der Waals surface area contributed by atoms with Gasteiger partial charge in [0.05, 0.1) is 13.0 Å². The van der Waals surface area contributed by atoms with Gasteiger partial charge in [0.15, 0.2) is 11.9 Å². The lowest BCUT2D eigenvalue weighted by Gasteiger charge is -2.13. The van der Waals surface area contributed by atoms with Gasteiger partial charge in [-0.15, -0.1) is 0 Å². The minimum Gasteiger partial charge on any atom is -0.494 e. The van der Waals surface area contributed by atoms with Crippen molar-refractivity contribution < 1.29 is 23.9 Å². The average Bonchev–Trinajstić information content (AvgIpc) is 2.72. The van der Waals surface area contributed by atoms with Gasteiger partial charge in [-0.05, 0) is 56.7 Å². The molecule has 0 fully saturated rings. The summed E-state index contributed by atoms with van der Waals surface area (Å²) >= 11 is 0. The van der Waals surface area contributed by atoms with Crippen LogP contribution in [0.2, 0.25) is 0 Å². The number of anilines is 1. The van der Waals surface area contributed by atoms with E-state index in [0.717, 1.165) is 12.0 Å². The largest absolute Gasteiger partial charge is 0.494 e. The average molecular weight is 397 g/mol. The molecule has 6 heteroatoms. The van der Waals surface area contributed by atoms with E-state index in [1.807, 2.05) is 26.0 Å². The maximum Gasteiger partial charge on any atom is 0.307 e. The predicted molar refractivity (Wildman–Crippen MR) is 111 cm³/mol. The minimum absolute atomic E-state index is 0.0142. The molecule has 0 radical (unpaired) electrons. The van der Waals surface area contributed by atoms with E-state index in [1.54, 1.807) is 36.4 Å². The third-order valence-corrected chi connectivity index (χ3v) is 4.20. The SMILES string of the molecule is CCCOc1ccc(C(=O)CCC(=O)O[C@@H](C)C(=O)Nc2ccc(C)cc2)cc1. The number of amides is 1. The summed E-state index contributed by atoms with van der Waals surface area (Å²) in [5.74, 6) is -0.471. The van der Waals surface area contributed by atoms with Crippen LogP contribution in [0.15, 0.2) is 48.5 Å². The zero-order valence-corrected chi connectivity index (χ0v) is 17.1. The molecule has 1 N–H and O–H groups in total. The smallest absolute Gasteiger partial charge is 0.307 e. The van der Waals surface area contributed by atoms with Crippen molar-refractivity contribution in [3.05, 3.63) is 59.7 Å². The summed E-state index contributed by atoms with van der Waals surface area (Å²) in [5, 5.41) is 2.69. The number of hydrogen-bond acceptors (Lipinski definition) is 5. The van der Waals surface area contributed by atoms with Crippen molar-refractivity contribution in [2.24, 2.45) is 0 Å². The maximum absolute atomic E-state index is 12.2. The van der Waals surface area contributed by atoms with Gasteiger partial charge >= 0.3 is 5.97 Å². The molecule has 154 valence electrons. The van der Waals surface area contributed by atoms with E-state index in [1.165, 1.54) is 6.92 Å². The molecule has 2 aromatic rings. The molecular weight excluding hydrogens is 370 g/mol. The lowest BCUT2D eigenvalue weighted by Crippen LogP contribution is -2.30. The van der Waals surface area contributed by atoms with Crippen LogP contribution in [-0.2, 0) is 14.3 Å². The number of benzene rings is 2. The summed E-state index contributed by atoms with van der Waals surface area (Å²) in [6.45, 7) is 6.09. The van der Waals surface area contributed by atoms with Gasteiger partial charge in [0.1, 0.15) is 5.75 Å². The highest BCUT2D eigenvalue weighted by Gasteiger charge is 2.19. The molecule has 0 spiro atoms. The van der Waals surface area contributed by atoms with Gasteiger partial charge in [0.25, 0.3) is 5.91 Å². The van der Waals surface area contributed by atoms with Crippen LogP contribution in [0.25, 0.3) is 0 Å². The van der Waals surface area contributed by atoms with E-state index >= 15 is 0 Å². The van der Waals surface area contributed by atoms with E-state index < -0.39 is 18.0 Å². The first-order chi connectivity index (χ1) is 13.9. The molecule has 1 atom stereocenters. The number of esters is 1. The highest BCUT2D eigenvalue weighted by atomic mass is 16.5. The van der Waals surface area contributed by atoms with Crippen molar-refractivity contribution >= 4 is 23.3 Å². The number of aryl methyl sites for hydroxylation is 1. The van der Waals surface area contributed by atoms with Crippen LogP contribution in [0.5, 0.6) is 5.75 Å². The van der Waals surface area contributed by atoms with Crippen LogP contribution in [0, 0.1) is 6.92 Å². The standard InChI is InChI=1S/C23H27NO5/c1-4-15-28-20-11-7-18(8-12-20)21(25)13-14-22(26)29-17(3)23(27)24-19-9-5-16(2)6-10-19/h5-12,17H,4,13-15H2,1-3H3,(H,24,27)/t17-/m0/s1. The first-order valence-electron chi connectivity index (χ1n) is 9.72. The fraction of sp³-hybridized carbons (Fsp3) is 0.348. The predicted octanol–water partition coefficient (Wildman–Crippen LogP) is 4.32. The molecule has 0 heterocycles. The number of nitrogens with one attached hydrogen (secondary N) is 1. The van der Waals surface area contributed by atoms with Crippen molar-refractivity contribution in [2.75, 3.05) is 11.9 Å². The second-order valence-electron chi connectivity index (χ2n) is 6.78. The van der Waals surface area contributed by atoms with Crippen LogP contribution >= 0.6 is 0 Å². The van der Waals surface area contributed by atoms with Crippen molar-refractivity contribution in [2.45, 2.75) is 46.1 Å². The molecule has 29 heavy (non-hydrogen) atoms. The van der Waals surface area contributed by atoms with Crippen molar-refractivity contribution in [3.63, 3.8) is 0 Å². The lowest BCUT2D eigenvalue weighted by atomic mass is 10.1. The molecule has 0 unspecified atom stereocenters. The fourth-order valence-corrected chi connectivity index (χ4v) is 2.51. The van der Waals surface area contributed by atoms with Crippen molar-refractivity contribution in [3.8, 4) is 5.75 Å². The number of hydrogen-bond donors (Lipinski definition) is 1. The molecule has 0 aromatic heterocycles. The van der Waals surface area contributed by atoms with Crippen LogP contribution in [0.1, 0.15) is 49.0 Å². The fourth-order valence-electron chi connectivity index (χ4n) is 2.51. The highest BCUT2D eigenvalue weighted by molar-refractivity contribution is 5.98. The van der Waals surface area contributed by atoms with Gasteiger partial charge in [-0.2, -0.15) is 0 Å². The Morgan fingerprint density at radius 2 is 1.62 bits per heavy atom. The Bertz CT molecular complexity index is 827. The normalized spacial score (nSPS) is 11.4. The summed E-state index contributed by atoms with van der Waals surface area (Å²) in [7, 11) is 0. The molecule has 2 aromatic carbocycles. The Morgan fingerprint density at radius 1 is 0.966 bits per heavy atom. The molecule has 1 amide bonds. The highest BCUT2D eigenvalue weighted by Crippen LogP contribution is 2.15. The van der Waals surface area contributed by atoms with E-state index in [-0.39, 0.29) is 18.6 Å². The number of rotatable bonds is 10. The molecule has 0 aliphatic carbocycles. The first kappa shape index (κ1) is 22.1. The second kappa shape index (κ2) is 11.0. The van der Waals surface area contributed by atoms with Crippen LogP contribution in [0.4, 0.5) is 5.69 Å². The van der Waals surface area contributed by atoms with Crippen LogP contribution in [-0.4, -0.2) is 30.4 Å². The minimum atomic E-state index is -0.950. The van der Waals surface area contributed by atoms with Gasteiger partial charge in [-0.25, -0.2) is 0 Å². The van der Waals surface area contributed by atoms with Gasteiger partial charge in [0.2, 0.25) is 0 Å². The number of carbonyl (C=O) groups excluding carboxylic acids is 3. The van der Waals surface area contributed by atoms with Gasteiger partial charge in [-0.3, -0.25) is 14.4 Å². The molecule has 0 aliphatic heterocycles. The molecular formula is C23H27NO5. The summed E-state index contributed by atoms with van der Waals surface area (Å²) in [6.07, 6.45) is -0.117. The summed E-state index contributed by atoms with van der Waals surface area (Å²) in [5.41, 5.74) is 2.21. The van der Waals surface area contributed by atoms with Gasteiger partial charge in [-0.1, -0.05) is 24.6 Å².